The molecule has 0 aliphatic carbocycles. The molecule has 2 atom stereocenters. The Morgan fingerprint density at radius 1 is 1.23 bits per heavy atom. The maximum Gasteiger partial charge on any atom is 0.237 e. The summed E-state index contributed by atoms with van der Waals surface area (Å²) in [6.45, 7) is 1.88. The minimum absolute atomic E-state index is 0.0632. The quantitative estimate of drug-likeness (QED) is 0.848. The maximum atomic E-state index is 12.8. The van der Waals surface area contributed by atoms with E-state index in [4.69, 9.17) is 0 Å². The summed E-state index contributed by atoms with van der Waals surface area (Å²) in [5.74, 6) is 0.534. The largest absolute Gasteiger partial charge is 0.388 e. The molecule has 0 fully saturated rings. The van der Waals surface area contributed by atoms with Crippen molar-refractivity contribution in [2.24, 2.45) is 0 Å². The second-order valence-corrected chi connectivity index (χ2v) is 7.35. The standard InChI is InChI=1S/C20H22N2O3S/c1-14-11-19(24)21-16-9-5-6-10-17(16)22(14)20(25)13-26-12-18(23)15-7-3-2-4-8-15/h2-10,14,18,23H,11-13H2,1H3,(H,21,24). The number of carbonyl (C=O) groups excluding carboxylic acids is 2. The summed E-state index contributed by atoms with van der Waals surface area (Å²) in [7, 11) is 0. The molecule has 0 saturated carbocycles. The first-order valence-electron chi connectivity index (χ1n) is 8.58. The number of thioether (sulfide) groups is 1. The molecule has 0 saturated heterocycles. The average molecular weight is 370 g/mol. The molecule has 0 aromatic heterocycles. The van der Waals surface area contributed by atoms with Crippen molar-refractivity contribution in [2.45, 2.75) is 25.5 Å². The van der Waals surface area contributed by atoms with Gasteiger partial charge in [0.15, 0.2) is 0 Å². The van der Waals surface area contributed by atoms with Gasteiger partial charge in [-0.25, -0.2) is 0 Å². The fourth-order valence-electron chi connectivity index (χ4n) is 3.07. The van der Waals surface area contributed by atoms with Crippen molar-refractivity contribution in [2.75, 3.05) is 21.7 Å². The number of anilines is 2. The summed E-state index contributed by atoms with van der Waals surface area (Å²) in [5.41, 5.74) is 2.22. The third kappa shape index (κ3) is 4.26. The molecule has 6 heteroatoms. The Balaban J connectivity index is 1.66. The molecule has 5 nitrogen and oxygen atoms in total. The number of hydrogen-bond donors (Lipinski definition) is 2. The fraction of sp³-hybridized carbons (Fsp3) is 0.300. The van der Waals surface area contributed by atoms with Gasteiger partial charge in [-0.2, -0.15) is 0 Å². The summed E-state index contributed by atoms with van der Waals surface area (Å²) < 4.78 is 0. The van der Waals surface area contributed by atoms with Crippen molar-refractivity contribution in [1.29, 1.82) is 0 Å². The minimum atomic E-state index is -0.605. The molecular weight excluding hydrogens is 348 g/mol. The zero-order valence-electron chi connectivity index (χ0n) is 14.6. The molecule has 0 spiro atoms. The van der Waals surface area contributed by atoms with Crippen LogP contribution < -0.4 is 10.2 Å². The van der Waals surface area contributed by atoms with Crippen molar-refractivity contribution >= 4 is 35.0 Å². The zero-order valence-corrected chi connectivity index (χ0v) is 15.4. The van der Waals surface area contributed by atoms with Crippen LogP contribution in [0.25, 0.3) is 0 Å². The van der Waals surface area contributed by atoms with Crippen LogP contribution in [0.4, 0.5) is 11.4 Å². The molecule has 1 heterocycles. The Labute approximate surface area is 157 Å². The predicted molar refractivity (Wildman–Crippen MR) is 105 cm³/mol. The van der Waals surface area contributed by atoms with Gasteiger partial charge in [-0.15, -0.1) is 11.8 Å². The molecule has 0 bridgehead atoms. The Kier molecular flexibility index (Phi) is 5.96. The highest BCUT2D eigenvalue weighted by Gasteiger charge is 2.29. The zero-order chi connectivity index (χ0) is 18.5. The molecule has 1 aliphatic heterocycles. The predicted octanol–water partition coefficient (Wildman–Crippen LogP) is 3.22. The Hall–Kier alpha value is -2.31. The summed E-state index contributed by atoms with van der Waals surface area (Å²) in [6.07, 6.45) is -0.344. The lowest BCUT2D eigenvalue weighted by Crippen LogP contribution is -2.40. The van der Waals surface area contributed by atoms with Crippen molar-refractivity contribution in [1.82, 2.24) is 0 Å². The molecule has 3 rings (SSSR count). The highest BCUT2D eigenvalue weighted by molar-refractivity contribution is 8.00. The molecule has 1 aliphatic rings. The smallest absolute Gasteiger partial charge is 0.237 e. The number of benzene rings is 2. The van der Waals surface area contributed by atoms with E-state index in [9.17, 15) is 14.7 Å². The Morgan fingerprint density at radius 2 is 1.92 bits per heavy atom. The molecule has 0 radical (unpaired) electrons. The van der Waals surface area contributed by atoms with Crippen molar-refractivity contribution in [3.05, 3.63) is 60.2 Å². The number of carbonyl (C=O) groups is 2. The molecule has 2 unspecified atom stereocenters. The molecule has 2 amide bonds. The SMILES string of the molecule is CC1CC(=O)Nc2ccccc2N1C(=O)CSCC(O)c1ccccc1. The Morgan fingerprint density at radius 3 is 2.69 bits per heavy atom. The Bertz CT molecular complexity index is 782. The average Bonchev–Trinajstić information content (AvgIpc) is 2.76. The number of nitrogens with one attached hydrogen (secondary N) is 1. The molecule has 2 aromatic rings. The van der Waals surface area contributed by atoms with Gasteiger partial charge in [0.25, 0.3) is 0 Å². The minimum Gasteiger partial charge on any atom is -0.388 e. The number of rotatable bonds is 5. The van der Waals surface area contributed by atoms with Crippen LogP contribution in [0.2, 0.25) is 0 Å². The van der Waals surface area contributed by atoms with Crippen LogP contribution >= 0.6 is 11.8 Å². The highest BCUT2D eigenvalue weighted by Crippen LogP contribution is 2.32. The van der Waals surface area contributed by atoms with Crippen LogP contribution in [0, 0.1) is 0 Å². The van der Waals surface area contributed by atoms with E-state index in [0.29, 0.717) is 11.4 Å². The number of fused-ring (bicyclic) bond motifs is 1. The lowest BCUT2D eigenvalue weighted by molar-refractivity contribution is -0.117. The van der Waals surface area contributed by atoms with Gasteiger partial charge in [-0.05, 0) is 24.6 Å². The number of hydrogen-bond acceptors (Lipinski definition) is 4. The van der Waals surface area contributed by atoms with Crippen LogP contribution in [-0.2, 0) is 9.59 Å². The van der Waals surface area contributed by atoms with Crippen molar-refractivity contribution < 1.29 is 14.7 Å². The van der Waals surface area contributed by atoms with Crippen LogP contribution in [0.5, 0.6) is 0 Å². The summed E-state index contributed by atoms with van der Waals surface area (Å²) in [5, 5.41) is 13.1. The van der Waals surface area contributed by atoms with Gasteiger partial charge in [0, 0.05) is 18.2 Å². The number of aliphatic hydroxyl groups excluding tert-OH is 1. The molecule has 2 N–H and O–H groups in total. The fourth-order valence-corrected chi connectivity index (χ4v) is 3.91. The second-order valence-electron chi connectivity index (χ2n) is 6.32. The van der Waals surface area contributed by atoms with E-state index in [-0.39, 0.29) is 30.0 Å². The van der Waals surface area contributed by atoms with Crippen molar-refractivity contribution in [3.8, 4) is 0 Å². The normalized spacial score (nSPS) is 17.8. The van der Waals surface area contributed by atoms with E-state index in [1.54, 1.807) is 11.0 Å². The van der Waals surface area contributed by atoms with Crippen LogP contribution in [0.1, 0.15) is 25.0 Å². The van der Waals surface area contributed by atoms with Gasteiger partial charge in [-0.1, -0.05) is 42.5 Å². The third-order valence-electron chi connectivity index (χ3n) is 4.31. The summed E-state index contributed by atoms with van der Waals surface area (Å²) in [6, 6.07) is 16.5. The van der Waals surface area contributed by atoms with Crippen LogP contribution in [0.3, 0.4) is 0 Å². The second kappa shape index (κ2) is 8.38. The summed E-state index contributed by atoms with van der Waals surface area (Å²) in [4.78, 5) is 26.5. The van der Waals surface area contributed by atoms with Gasteiger partial charge in [0.1, 0.15) is 0 Å². The van der Waals surface area contributed by atoms with Gasteiger partial charge in [-0.3, -0.25) is 9.59 Å². The van der Waals surface area contributed by atoms with E-state index >= 15 is 0 Å². The van der Waals surface area contributed by atoms with E-state index in [1.807, 2.05) is 55.5 Å². The van der Waals surface area contributed by atoms with Gasteiger partial charge >= 0.3 is 0 Å². The molecule has 26 heavy (non-hydrogen) atoms. The third-order valence-corrected chi connectivity index (χ3v) is 5.32. The van der Waals surface area contributed by atoms with Gasteiger partial charge < -0.3 is 15.3 Å². The first-order chi connectivity index (χ1) is 12.6. The first kappa shape index (κ1) is 18.5. The number of aliphatic hydroxyl groups is 1. The summed E-state index contributed by atoms with van der Waals surface area (Å²) >= 11 is 1.40. The van der Waals surface area contributed by atoms with Crippen LogP contribution in [-0.4, -0.2) is 34.5 Å². The van der Waals surface area contributed by atoms with E-state index in [0.717, 1.165) is 11.3 Å². The van der Waals surface area contributed by atoms with E-state index in [1.165, 1.54) is 11.8 Å². The lowest BCUT2D eigenvalue weighted by atomic mass is 10.1. The van der Waals surface area contributed by atoms with E-state index < -0.39 is 6.10 Å². The topological polar surface area (TPSA) is 69.6 Å². The van der Waals surface area contributed by atoms with Crippen molar-refractivity contribution in [3.63, 3.8) is 0 Å². The number of para-hydroxylation sites is 2. The number of amides is 2. The molecule has 2 aromatic carbocycles. The molecular formula is C20H22N2O3S. The molecule has 136 valence electrons. The maximum absolute atomic E-state index is 12.8. The first-order valence-corrected chi connectivity index (χ1v) is 9.73. The lowest BCUT2D eigenvalue weighted by Gasteiger charge is -2.28. The monoisotopic (exact) mass is 370 g/mol. The highest BCUT2D eigenvalue weighted by atomic mass is 32.2. The number of nitrogens with zero attached hydrogens (tertiary/aromatic N) is 1. The van der Waals surface area contributed by atoms with Gasteiger partial charge in [0.05, 0.1) is 23.2 Å². The van der Waals surface area contributed by atoms with Crippen LogP contribution in [0.15, 0.2) is 54.6 Å². The van der Waals surface area contributed by atoms with Gasteiger partial charge in [0.2, 0.25) is 11.8 Å². The van der Waals surface area contributed by atoms with E-state index in [2.05, 4.69) is 5.32 Å².